The van der Waals surface area contributed by atoms with Crippen molar-refractivity contribution >= 4 is 17.8 Å². The SMILES string of the molecule is Fc1ccc(N2CCc3cc(OCc4ccccc4)ccc3C2Cc2ccc(/C=C/c3nn[nH]n3)cc2)cc1. The fourth-order valence-corrected chi connectivity index (χ4v) is 5.08. The predicted octanol–water partition coefficient (Wildman–Crippen LogP) is 6.43. The topological polar surface area (TPSA) is 66.9 Å². The summed E-state index contributed by atoms with van der Waals surface area (Å²) in [5, 5.41) is 13.9. The average Bonchev–Trinajstić information content (AvgIpc) is 3.51. The molecule has 1 aliphatic rings. The van der Waals surface area contributed by atoms with Crippen molar-refractivity contribution in [3.63, 3.8) is 0 Å². The Morgan fingerprint density at radius 2 is 1.72 bits per heavy atom. The number of H-pyrrole nitrogens is 1. The fraction of sp³-hybridized carbons (Fsp3) is 0.156. The van der Waals surface area contributed by atoms with Crippen molar-refractivity contribution in [2.24, 2.45) is 0 Å². The lowest BCUT2D eigenvalue weighted by Crippen LogP contribution is -2.36. The molecule has 0 radical (unpaired) electrons. The maximum absolute atomic E-state index is 13.7. The van der Waals surface area contributed by atoms with E-state index < -0.39 is 0 Å². The molecule has 0 spiro atoms. The second-order valence-electron chi connectivity index (χ2n) is 9.62. The van der Waals surface area contributed by atoms with Crippen molar-refractivity contribution in [2.45, 2.75) is 25.5 Å². The van der Waals surface area contributed by atoms with Crippen LogP contribution in [0.1, 0.15) is 39.7 Å². The molecule has 0 amide bonds. The molecule has 1 unspecified atom stereocenters. The zero-order valence-electron chi connectivity index (χ0n) is 21.4. The van der Waals surface area contributed by atoms with E-state index in [1.807, 2.05) is 42.5 Å². The van der Waals surface area contributed by atoms with Gasteiger partial charge >= 0.3 is 0 Å². The quantitative estimate of drug-likeness (QED) is 0.257. The number of hydrogen-bond acceptors (Lipinski definition) is 5. The molecule has 0 bridgehead atoms. The molecule has 1 aromatic heterocycles. The molecule has 194 valence electrons. The Hall–Kier alpha value is -4.78. The number of benzene rings is 4. The monoisotopic (exact) mass is 517 g/mol. The van der Waals surface area contributed by atoms with E-state index in [2.05, 4.69) is 80.1 Å². The maximum Gasteiger partial charge on any atom is 0.197 e. The largest absolute Gasteiger partial charge is 0.489 e. The van der Waals surface area contributed by atoms with Crippen LogP contribution in [-0.2, 0) is 19.4 Å². The first kappa shape index (κ1) is 24.6. The molecule has 5 aromatic rings. The molecular formula is C32H28FN5O. The number of rotatable bonds is 8. The highest BCUT2D eigenvalue weighted by Gasteiger charge is 2.28. The van der Waals surface area contributed by atoms with Crippen LogP contribution in [0.15, 0.2) is 97.1 Å². The van der Waals surface area contributed by atoms with E-state index in [9.17, 15) is 4.39 Å². The average molecular weight is 518 g/mol. The number of hydrogen-bond donors (Lipinski definition) is 1. The number of anilines is 1. The summed E-state index contributed by atoms with van der Waals surface area (Å²) in [5.74, 6) is 1.20. The standard InChI is InChI=1S/C32H28FN5O/c33-27-11-13-28(14-12-27)38-19-18-26-21-29(39-22-25-4-2-1-3-5-25)15-16-30(26)31(38)20-24-8-6-23(7-9-24)10-17-32-34-36-37-35-32/h1-17,21,31H,18-20,22H2,(H,34,35,36,37)/b17-10+. The second-order valence-corrected chi connectivity index (χ2v) is 9.62. The zero-order chi connectivity index (χ0) is 26.4. The van der Waals surface area contributed by atoms with E-state index in [0.29, 0.717) is 12.4 Å². The lowest BCUT2D eigenvalue weighted by Gasteiger charge is -2.39. The normalized spacial score (nSPS) is 14.9. The minimum Gasteiger partial charge on any atom is -0.489 e. The van der Waals surface area contributed by atoms with Gasteiger partial charge in [-0.05, 0) is 88.3 Å². The molecule has 39 heavy (non-hydrogen) atoms. The molecule has 1 N–H and O–H groups in total. The van der Waals surface area contributed by atoms with Crippen molar-refractivity contribution in [2.75, 3.05) is 11.4 Å². The van der Waals surface area contributed by atoms with Gasteiger partial charge in [-0.1, -0.05) is 66.7 Å². The van der Waals surface area contributed by atoms with E-state index in [1.54, 1.807) is 0 Å². The summed E-state index contributed by atoms with van der Waals surface area (Å²) in [4.78, 5) is 2.39. The Balaban J connectivity index is 1.25. The van der Waals surface area contributed by atoms with Gasteiger partial charge in [0.2, 0.25) is 0 Å². The van der Waals surface area contributed by atoms with Crippen molar-refractivity contribution < 1.29 is 9.13 Å². The highest BCUT2D eigenvalue weighted by atomic mass is 19.1. The lowest BCUT2D eigenvalue weighted by atomic mass is 9.88. The van der Waals surface area contributed by atoms with Gasteiger partial charge in [0.25, 0.3) is 0 Å². The first-order valence-electron chi connectivity index (χ1n) is 13.0. The molecule has 1 atom stereocenters. The summed E-state index contributed by atoms with van der Waals surface area (Å²) in [5.41, 5.74) is 7.02. The fourth-order valence-electron chi connectivity index (χ4n) is 5.08. The summed E-state index contributed by atoms with van der Waals surface area (Å²) >= 11 is 0. The molecule has 6 nitrogen and oxygen atoms in total. The van der Waals surface area contributed by atoms with Crippen LogP contribution in [0.2, 0.25) is 0 Å². The molecule has 4 aromatic carbocycles. The molecule has 1 aliphatic heterocycles. The van der Waals surface area contributed by atoms with Crippen molar-refractivity contribution in [1.82, 2.24) is 20.6 Å². The van der Waals surface area contributed by atoms with E-state index >= 15 is 0 Å². The van der Waals surface area contributed by atoms with Gasteiger partial charge in [0, 0.05) is 12.2 Å². The molecule has 0 aliphatic carbocycles. The summed E-state index contributed by atoms with van der Waals surface area (Å²) in [7, 11) is 0. The predicted molar refractivity (Wildman–Crippen MR) is 151 cm³/mol. The van der Waals surface area contributed by atoms with Crippen LogP contribution in [0, 0.1) is 5.82 Å². The van der Waals surface area contributed by atoms with E-state index in [0.717, 1.165) is 42.0 Å². The Kier molecular flexibility index (Phi) is 7.12. The van der Waals surface area contributed by atoms with Crippen molar-refractivity contribution in [3.05, 3.63) is 137 Å². The van der Waals surface area contributed by atoms with Gasteiger partial charge in [-0.25, -0.2) is 4.39 Å². The van der Waals surface area contributed by atoms with Crippen LogP contribution in [0.4, 0.5) is 10.1 Å². The van der Waals surface area contributed by atoms with Crippen molar-refractivity contribution in [3.8, 4) is 5.75 Å². The van der Waals surface area contributed by atoms with Gasteiger partial charge in [-0.2, -0.15) is 5.21 Å². The van der Waals surface area contributed by atoms with Gasteiger partial charge in [-0.3, -0.25) is 0 Å². The van der Waals surface area contributed by atoms with Gasteiger partial charge < -0.3 is 9.64 Å². The van der Waals surface area contributed by atoms with Crippen LogP contribution in [0.25, 0.3) is 12.2 Å². The first-order chi connectivity index (χ1) is 19.2. The van der Waals surface area contributed by atoms with E-state index in [4.69, 9.17) is 4.74 Å². The number of ether oxygens (including phenoxy) is 1. The Morgan fingerprint density at radius 1 is 0.897 bits per heavy atom. The molecule has 0 saturated carbocycles. The number of fused-ring (bicyclic) bond motifs is 1. The minimum absolute atomic E-state index is 0.114. The van der Waals surface area contributed by atoms with Crippen LogP contribution in [0.5, 0.6) is 5.75 Å². The smallest absolute Gasteiger partial charge is 0.197 e. The van der Waals surface area contributed by atoms with Gasteiger partial charge in [-0.15, -0.1) is 10.2 Å². The Labute approximate surface area is 226 Å². The van der Waals surface area contributed by atoms with E-state index in [-0.39, 0.29) is 11.9 Å². The third-order valence-corrected chi connectivity index (χ3v) is 7.07. The minimum atomic E-state index is -0.225. The van der Waals surface area contributed by atoms with Gasteiger partial charge in [0.1, 0.15) is 18.2 Å². The highest BCUT2D eigenvalue weighted by molar-refractivity contribution is 5.66. The number of nitrogens with zero attached hydrogens (tertiary/aromatic N) is 4. The third kappa shape index (κ3) is 5.88. The maximum atomic E-state index is 13.7. The lowest BCUT2D eigenvalue weighted by molar-refractivity contribution is 0.305. The summed E-state index contributed by atoms with van der Waals surface area (Å²) in [6, 6.07) is 32.1. The first-order valence-corrected chi connectivity index (χ1v) is 13.0. The second kappa shape index (κ2) is 11.3. The molecule has 7 heteroatoms. The summed E-state index contributed by atoms with van der Waals surface area (Å²) in [6.45, 7) is 1.38. The van der Waals surface area contributed by atoms with Crippen LogP contribution in [-0.4, -0.2) is 27.2 Å². The third-order valence-electron chi connectivity index (χ3n) is 7.07. The number of nitrogens with one attached hydrogen (secondary N) is 1. The molecule has 0 saturated heterocycles. The molecule has 6 rings (SSSR count). The van der Waals surface area contributed by atoms with Crippen molar-refractivity contribution in [1.29, 1.82) is 0 Å². The van der Waals surface area contributed by atoms with E-state index in [1.165, 1.54) is 28.8 Å². The summed E-state index contributed by atoms with van der Waals surface area (Å²) < 4.78 is 19.8. The zero-order valence-corrected chi connectivity index (χ0v) is 21.4. The number of aromatic amines is 1. The molecule has 0 fully saturated rings. The highest BCUT2D eigenvalue weighted by Crippen LogP contribution is 2.37. The van der Waals surface area contributed by atoms with Crippen LogP contribution >= 0.6 is 0 Å². The summed E-state index contributed by atoms with van der Waals surface area (Å²) in [6.07, 6.45) is 5.50. The number of aromatic nitrogens is 4. The molecular weight excluding hydrogens is 489 g/mol. The Bertz CT molecular complexity index is 1530. The Morgan fingerprint density at radius 3 is 2.49 bits per heavy atom. The van der Waals surface area contributed by atoms with Crippen LogP contribution < -0.4 is 9.64 Å². The number of tetrazole rings is 1. The van der Waals surface area contributed by atoms with Gasteiger partial charge in [0.05, 0.1) is 6.04 Å². The molecule has 2 heterocycles. The van der Waals surface area contributed by atoms with Gasteiger partial charge in [0.15, 0.2) is 5.82 Å². The number of halogens is 1. The van der Waals surface area contributed by atoms with Crippen LogP contribution in [0.3, 0.4) is 0 Å².